The van der Waals surface area contributed by atoms with Gasteiger partial charge in [0.05, 0.1) is 6.04 Å². The highest BCUT2D eigenvalue weighted by Gasteiger charge is 2.25. The van der Waals surface area contributed by atoms with Crippen LogP contribution in [0, 0.1) is 12.7 Å². The minimum Gasteiger partial charge on any atom is -0.459 e. The predicted molar refractivity (Wildman–Crippen MR) is 97.9 cm³/mol. The lowest BCUT2D eigenvalue weighted by molar-refractivity contribution is 0.0842. The summed E-state index contributed by atoms with van der Waals surface area (Å²) in [6, 6.07) is 6.96. The number of nitrogens with zero attached hydrogens (tertiary/aromatic N) is 1. The Kier molecular flexibility index (Phi) is 5.41. The Hall–Kier alpha value is -2.22. The number of furan rings is 1. The van der Waals surface area contributed by atoms with Crippen LogP contribution < -0.4 is 5.32 Å². The van der Waals surface area contributed by atoms with Crippen LogP contribution in [0.3, 0.4) is 0 Å². The fraction of sp³-hybridized carbons (Fsp3) is 0.222. The fourth-order valence-electron chi connectivity index (χ4n) is 2.44. The number of carbonyl (C=O) groups is 1. The largest absolute Gasteiger partial charge is 0.459 e. The third-order valence-electron chi connectivity index (χ3n) is 3.82. The number of aliphatic hydroxyl groups is 1. The van der Waals surface area contributed by atoms with E-state index in [4.69, 9.17) is 16.0 Å². The first-order valence-corrected chi connectivity index (χ1v) is 9.07. The van der Waals surface area contributed by atoms with Gasteiger partial charge < -0.3 is 14.8 Å². The van der Waals surface area contributed by atoms with Gasteiger partial charge in [0.1, 0.15) is 23.4 Å². The minimum atomic E-state index is -1.29. The third kappa shape index (κ3) is 3.80. The van der Waals surface area contributed by atoms with Crippen molar-refractivity contribution in [1.82, 2.24) is 10.3 Å². The molecule has 0 spiro atoms. The molecule has 0 aliphatic carbocycles. The molecule has 0 bridgehead atoms. The van der Waals surface area contributed by atoms with E-state index < -0.39 is 23.9 Å². The summed E-state index contributed by atoms with van der Waals surface area (Å²) < 4.78 is 19.4. The van der Waals surface area contributed by atoms with E-state index >= 15 is 0 Å². The smallest absolute Gasteiger partial charge is 0.271 e. The maximum absolute atomic E-state index is 13.9. The second-order valence-electron chi connectivity index (χ2n) is 5.79. The van der Waals surface area contributed by atoms with E-state index in [2.05, 4.69) is 10.3 Å². The standard InChI is InChI=1S/C18H16ClFN2O3S/c1-9-6-7-14(25-9)18-22-13(8-26-18)17(24)21-10(2)16(23)15-11(19)4-3-5-12(15)20/h3-8,10,16,23H,1-2H3,(H,21,24)/t10-,16+/m1/s1. The molecule has 136 valence electrons. The predicted octanol–water partition coefficient (Wildman–Crippen LogP) is 4.36. The van der Waals surface area contributed by atoms with Gasteiger partial charge in [-0.2, -0.15) is 0 Å². The number of hydrogen-bond acceptors (Lipinski definition) is 5. The van der Waals surface area contributed by atoms with Gasteiger partial charge in [-0.15, -0.1) is 11.3 Å². The van der Waals surface area contributed by atoms with E-state index in [0.29, 0.717) is 10.8 Å². The molecule has 0 saturated carbocycles. The Bertz CT molecular complexity index is 920. The molecule has 26 heavy (non-hydrogen) atoms. The van der Waals surface area contributed by atoms with E-state index in [-0.39, 0.29) is 16.3 Å². The van der Waals surface area contributed by atoms with E-state index in [1.807, 2.05) is 13.0 Å². The molecule has 5 nitrogen and oxygen atoms in total. The number of aromatic nitrogens is 1. The molecule has 3 aromatic rings. The van der Waals surface area contributed by atoms with Gasteiger partial charge in [0.25, 0.3) is 5.91 Å². The Morgan fingerprint density at radius 1 is 1.38 bits per heavy atom. The van der Waals surface area contributed by atoms with Gasteiger partial charge in [-0.05, 0) is 38.1 Å². The van der Waals surface area contributed by atoms with Gasteiger partial charge in [0.2, 0.25) is 0 Å². The van der Waals surface area contributed by atoms with Crippen LogP contribution in [0.15, 0.2) is 40.1 Å². The summed E-state index contributed by atoms with van der Waals surface area (Å²) in [7, 11) is 0. The lowest BCUT2D eigenvalue weighted by Crippen LogP contribution is -2.37. The van der Waals surface area contributed by atoms with Crippen LogP contribution in [0.4, 0.5) is 4.39 Å². The summed E-state index contributed by atoms with van der Waals surface area (Å²) >= 11 is 7.23. The van der Waals surface area contributed by atoms with Crippen molar-refractivity contribution in [3.8, 4) is 10.8 Å². The molecule has 0 saturated heterocycles. The molecule has 2 atom stereocenters. The number of halogens is 2. The molecule has 2 heterocycles. The number of thiazole rings is 1. The monoisotopic (exact) mass is 394 g/mol. The second-order valence-corrected chi connectivity index (χ2v) is 7.06. The first kappa shape index (κ1) is 18.6. The van der Waals surface area contributed by atoms with Crippen LogP contribution in [-0.2, 0) is 0 Å². The number of hydrogen-bond donors (Lipinski definition) is 2. The first-order valence-electron chi connectivity index (χ1n) is 7.82. The summed E-state index contributed by atoms with van der Waals surface area (Å²) in [5.41, 5.74) is 0.143. The second kappa shape index (κ2) is 7.57. The first-order chi connectivity index (χ1) is 12.4. The molecule has 0 unspecified atom stereocenters. The number of rotatable bonds is 5. The average molecular weight is 395 g/mol. The molecule has 0 fully saturated rings. The Labute approximate surface area is 158 Å². The number of amides is 1. The van der Waals surface area contributed by atoms with Gasteiger partial charge in [-0.25, -0.2) is 9.37 Å². The Morgan fingerprint density at radius 2 is 2.15 bits per heavy atom. The van der Waals surface area contributed by atoms with E-state index in [0.717, 1.165) is 5.76 Å². The molecule has 0 radical (unpaired) electrons. The summed E-state index contributed by atoms with van der Waals surface area (Å²) in [6.45, 7) is 3.39. The topological polar surface area (TPSA) is 75.4 Å². The SMILES string of the molecule is Cc1ccc(-c2nc(C(=O)N[C@H](C)[C@H](O)c3c(F)cccc3Cl)cs2)o1. The van der Waals surface area contributed by atoms with Crippen LogP contribution in [0.25, 0.3) is 10.8 Å². The molecule has 1 amide bonds. The normalized spacial score (nSPS) is 13.4. The lowest BCUT2D eigenvalue weighted by Gasteiger charge is -2.21. The number of carbonyl (C=O) groups excluding carboxylic acids is 1. The number of aryl methyl sites for hydroxylation is 1. The highest BCUT2D eigenvalue weighted by molar-refractivity contribution is 7.13. The molecular weight excluding hydrogens is 379 g/mol. The highest BCUT2D eigenvalue weighted by atomic mass is 35.5. The molecule has 0 aliphatic heterocycles. The van der Waals surface area contributed by atoms with Crippen molar-refractivity contribution in [2.24, 2.45) is 0 Å². The van der Waals surface area contributed by atoms with E-state index in [1.54, 1.807) is 18.4 Å². The van der Waals surface area contributed by atoms with Crippen LogP contribution in [0.5, 0.6) is 0 Å². The summed E-state index contributed by atoms with van der Waals surface area (Å²) in [6.07, 6.45) is -1.29. The van der Waals surface area contributed by atoms with Crippen molar-refractivity contribution in [1.29, 1.82) is 0 Å². The van der Waals surface area contributed by atoms with Gasteiger partial charge >= 0.3 is 0 Å². The number of aliphatic hydroxyl groups excluding tert-OH is 1. The zero-order valence-corrected chi connectivity index (χ0v) is 15.6. The van der Waals surface area contributed by atoms with Gasteiger partial charge in [0.15, 0.2) is 10.8 Å². The van der Waals surface area contributed by atoms with Gasteiger partial charge in [-0.3, -0.25) is 4.79 Å². The average Bonchev–Trinajstić information content (AvgIpc) is 3.23. The summed E-state index contributed by atoms with van der Waals surface area (Å²) in [5.74, 6) is 0.225. The highest BCUT2D eigenvalue weighted by Crippen LogP contribution is 2.29. The molecule has 8 heteroatoms. The number of nitrogens with one attached hydrogen (secondary N) is 1. The summed E-state index contributed by atoms with van der Waals surface area (Å²) in [5, 5.41) is 15.3. The van der Waals surface area contributed by atoms with Crippen LogP contribution in [0.1, 0.15) is 34.8 Å². The molecule has 2 N–H and O–H groups in total. The zero-order chi connectivity index (χ0) is 18.8. The number of benzene rings is 1. The van der Waals surface area contributed by atoms with Gasteiger partial charge in [-0.1, -0.05) is 17.7 Å². The minimum absolute atomic E-state index is 0.0491. The van der Waals surface area contributed by atoms with Crippen molar-refractivity contribution in [2.75, 3.05) is 0 Å². The van der Waals surface area contributed by atoms with Crippen molar-refractivity contribution in [3.05, 3.63) is 63.6 Å². The Morgan fingerprint density at radius 3 is 2.81 bits per heavy atom. The van der Waals surface area contributed by atoms with Crippen LogP contribution in [0.2, 0.25) is 5.02 Å². The van der Waals surface area contributed by atoms with Gasteiger partial charge in [0, 0.05) is 16.0 Å². The Balaban J connectivity index is 1.72. The summed E-state index contributed by atoms with van der Waals surface area (Å²) in [4.78, 5) is 16.6. The van der Waals surface area contributed by atoms with E-state index in [1.165, 1.54) is 29.5 Å². The van der Waals surface area contributed by atoms with Crippen molar-refractivity contribution in [3.63, 3.8) is 0 Å². The molecule has 2 aromatic heterocycles. The molecular formula is C18H16ClFN2O3S. The molecule has 1 aromatic carbocycles. The van der Waals surface area contributed by atoms with Crippen LogP contribution >= 0.6 is 22.9 Å². The fourth-order valence-corrected chi connectivity index (χ4v) is 3.48. The van der Waals surface area contributed by atoms with Crippen molar-refractivity contribution >= 4 is 28.8 Å². The van der Waals surface area contributed by atoms with Crippen LogP contribution in [-0.4, -0.2) is 22.0 Å². The third-order valence-corrected chi connectivity index (χ3v) is 5.00. The maximum Gasteiger partial charge on any atom is 0.271 e. The van der Waals surface area contributed by atoms with Crippen molar-refractivity contribution in [2.45, 2.75) is 26.0 Å². The zero-order valence-electron chi connectivity index (χ0n) is 14.0. The molecule has 0 aliphatic rings. The lowest BCUT2D eigenvalue weighted by atomic mass is 10.0. The van der Waals surface area contributed by atoms with Crippen molar-refractivity contribution < 1.29 is 18.7 Å². The van der Waals surface area contributed by atoms with E-state index in [9.17, 15) is 14.3 Å². The maximum atomic E-state index is 13.9. The quantitative estimate of drug-likeness (QED) is 0.674. The molecule has 3 rings (SSSR count).